The van der Waals surface area contributed by atoms with E-state index in [0.29, 0.717) is 17.3 Å². The number of amidine groups is 1. The van der Waals surface area contributed by atoms with Crippen LogP contribution in [0.15, 0.2) is 64.8 Å². The highest BCUT2D eigenvalue weighted by molar-refractivity contribution is 8.17. The molecule has 160 valence electrons. The Hall–Kier alpha value is -3.53. The van der Waals surface area contributed by atoms with Crippen molar-refractivity contribution < 1.29 is 19.1 Å². The minimum Gasteiger partial charge on any atom is -0.497 e. The zero-order valence-electron chi connectivity index (χ0n) is 17.5. The van der Waals surface area contributed by atoms with Crippen LogP contribution in [-0.4, -0.2) is 59.1 Å². The number of carbonyl (C=O) groups is 2. The van der Waals surface area contributed by atoms with Gasteiger partial charge < -0.3 is 14.4 Å². The Bertz CT molecular complexity index is 1070. The molecule has 1 atom stereocenters. The van der Waals surface area contributed by atoms with Crippen LogP contribution >= 0.6 is 11.8 Å². The highest BCUT2D eigenvalue weighted by atomic mass is 32.2. The van der Waals surface area contributed by atoms with Gasteiger partial charge in [0.15, 0.2) is 5.84 Å². The van der Waals surface area contributed by atoms with E-state index in [2.05, 4.69) is 10.2 Å². The fraction of sp³-hybridized carbons (Fsp3) is 0.238. The number of hydrazone groups is 2. The van der Waals surface area contributed by atoms with E-state index < -0.39 is 11.1 Å². The van der Waals surface area contributed by atoms with Crippen LogP contribution in [0.2, 0.25) is 0 Å². The summed E-state index contributed by atoms with van der Waals surface area (Å²) >= 11 is 1.10. The molecule has 2 aromatic rings. The van der Waals surface area contributed by atoms with Crippen LogP contribution in [-0.2, 0) is 14.3 Å². The third-order valence-corrected chi connectivity index (χ3v) is 6.27. The van der Waals surface area contributed by atoms with Gasteiger partial charge in [-0.1, -0.05) is 18.2 Å². The Labute approximate surface area is 183 Å². The lowest BCUT2D eigenvalue weighted by Crippen LogP contribution is -2.61. The number of hydrogen-bond donors (Lipinski definition) is 0. The van der Waals surface area contributed by atoms with Crippen molar-refractivity contribution in [1.82, 2.24) is 9.91 Å². The van der Waals surface area contributed by atoms with E-state index in [-0.39, 0.29) is 11.0 Å². The van der Waals surface area contributed by atoms with E-state index in [1.54, 1.807) is 12.1 Å². The Kier molecular flexibility index (Phi) is 5.32. The number of benzene rings is 2. The van der Waals surface area contributed by atoms with Crippen molar-refractivity contribution in [2.75, 3.05) is 26.3 Å². The third kappa shape index (κ3) is 3.28. The molecular weight excluding hydrogens is 418 g/mol. The topological polar surface area (TPSA) is 87.0 Å². The maximum absolute atomic E-state index is 12.7. The summed E-state index contributed by atoms with van der Waals surface area (Å²) in [6.45, 7) is 1.43. The number of para-hydroxylation sites is 1. The zero-order chi connectivity index (χ0) is 22.2. The van der Waals surface area contributed by atoms with E-state index in [4.69, 9.17) is 9.47 Å². The summed E-state index contributed by atoms with van der Waals surface area (Å²) < 4.78 is 10.1. The number of rotatable bonds is 4. The van der Waals surface area contributed by atoms with E-state index in [1.807, 2.05) is 66.5 Å². The molecule has 0 fully saturated rings. The lowest BCUT2D eigenvalue weighted by Gasteiger charge is -2.42. The van der Waals surface area contributed by atoms with Crippen LogP contribution in [0, 0.1) is 0 Å². The molecule has 9 nitrogen and oxygen atoms in total. The first-order valence-corrected chi connectivity index (χ1v) is 10.2. The Morgan fingerprint density at radius 3 is 2.26 bits per heavy atom. The standard InChI is InChI=1S/C21H21N5O4S/c1-14(27)25-21(24(2)18(22-25)15-10-12-17(29-3)13-11-15)26(16-8-6-5-7-9-16)23-19(31-21)20(28)30-4/h5-13H,1-4H3/t21-/m1/s1. The van der Waals surface area contributed by atoms with Gasteiger partial charge in [0, 0.05) is 19.5 Å². The predicted molar refractivity (Wildman–Crippen MR) is 119 cm³/mol. The second kappa shape index (κ2) is 7.95. The van der Waals surface area contributed by atoms with Gasteiger partial charge in [-0.25, -0.2) is 9.80 Å². The Morgan fingerprint density at radius 2 is 1.68 bits per heavy atom. The van der Waals surface area contributed by atoms with Crippen LogP contribution in [0.4, 0.5) is 5.69 Å². The van der Waals surface area contributed by atoms with Gasteiger partial charge in [-0.05, 0) is 48.2 Å². The molecule has 2 aliphatic heterocycles. The van der Waals surface area contributed by atoms with Crippen LogP contribution in [0.1, 0.15) is 12.5 Å². The largest absolute Gasteiger partial charge is 0.497 e. The van der Waals surface area contributed by atoms with Crippen molar-refractivity contribution >= 4 is 40.2 Å². The summed E-state index contributed by atoms with van der Waals surface area (Å²) in [7, 11) is 4.70. The predicted octanol–water partition coefficient (Wildman–Crippen LogP) is 2.50. The molecular formula is C21H21N5O4S. The van der Waals surface area contributed by atoms with Crippen LogP contribution < -0.4 is 9.75 Å². The molecule has 0 aliphatic carbocycles. The average Bonchev–Trinajstić information content (AvgIpc) is 3.33. The van der Waals surface area contributed by atoms with Crippen LogP contribution in [0.25, 0.3) is 0 Å². The van der Waals surface area contributed by atoms with Crippen molar-refractivity contribution in [1.29, 1.82) is 0 Å². The molecule has 1 spiro atoms. The number of nitrogens with zero attached hydrogens (tertiary/aromatic N) is 5. The molecule has 2 aromatic carbocycles. The molecule has 31 heavy (non-hydrogen) atoms. The van der Waals surface area contributed by atoms with Gasteiger partial charge in [0.1, 0.15) is 5.75 Å². The number of methoxy groups -OCH3 is 2. The minimum absolute atomic E-state index is 0.121. The molecule has 0 aromatic heterocycles. The Balaban J connectivity index is 1.84. The third-order valence-electron chi connectivity index (χ3n) is 4.93. The smallest absolute Gasteiger partial charge is 0.365 e. The van der Waals surface area contributed by atoms with E-state index >= 15 is 0 Å². The molecule has 10 heteroatoms. The van der Waals surface area contributed by atoms with Crippen molar-refractivity contribution in [2.24, 2.45) is 10.2 Å². The molecule has 0 radical (unpaired) electrons. The van der Waals surface area contributed by atoms with Crippen molar-refractivity contribution in [3.63, 3.8) is 0 Å². The normalized spacial score (nSPS) is 20.1. The van der Waals surface area contributed by atoms with Gasteiger partial charge in [0.05, 0.1) is 19.9 Å². The molecule has 4 rings (SSSR count). The van der Waals surface area contributed by atoms with Crippen LogP contribution in [0.5, 0.6) is 5.75 Å². The van der Waals surface area contributed by atoms with Gasteiger partial charge in [-0.2, -0.15) is 10.1 Å². The van der Waals surface area contributed by atoms with Gasteiger partial charge in [-0.15, -0.1) is 5.10 Å². The summed E-state index contributed by atoms with van der Waals surface area (Å²) in [6, 6.07) is 16.7. The monoisotopic (exact) mass is 439 g/mol. The number of amides is 1. The van der Waals surface area contributed by atoms with Gasteiger partial charge in [0.2, 0.25) is 11.0 Å². The molecule has 0 unspecified atom stereocenters. The first-order chi connectivity index (χ1) is 14.9. The Morgan fingerprint density at radius 1 is 1.00 bits per heavy atom. The molecule has 2 aliphatic rings. The summed E-state index contributed by atoms with van der Waals surface area (Å²) in [5, 5.41) is 11.0. The SMILES string of the molecule is COC(=O)C1=NN(c2ccccc2)[C@@]2(S1)N(C)C(c1ccc(OC)cc1)=NN2C(C)=O. The lowest BCUT2D eigenvalue weighted by molar-refractivity contribution is -0.134. The van der Waals surface area contributed by atoms with Crippen LogP contribution in [0.3, 0.4) is 0 Å². The maximum Gasteiger partial charge on any atom is 0.365 e. The van der Waals surface area contributed by atoms with Gasteiger partial charge >= 0.3 is 5.97 Å². The fourth-order valence-corrected chi connectivity index (χ4v) is 4.69. The number of anilines is 1. The van der Waals surface area contributed by atoms with E-state index in [0.717, 1.165) is 17.3 Å². The van der Waals surface area contributed by atoms with Gasteiger partial charge in [-0.3, -0.25) is 4.79 Å². The van der Waals surface area contributed by atoms with Crippen molar-refractivity contribution in [2.45, 2.75) is 12.0 Å². The maximum atomic E-state index is 12.7. The molecule has 2 heterocycles. The second-order valence-corrected chi connectivity index (χ2v) is 7.90. The molecule has 0 saturated heterocycles. The second-order valence-electron chi connectivity index (χ2n) is 6.76. The quantitative estimate of drug-likeness (QED) is 0.677. The molecule has 0 N–H and O–H groups in total. The number of carbonyl (C=O) groups excluding carboxylic acids is 2. The number of thioether (sulfide) groups is 1. The highest BCUT2D eigenvalue weighted by Crippen LogP contribution is 2.48. The van der Waals surface area contributed by atoms with Crippen molar-refractivity contribution in [3.8, 4) is 5.75 Å². The van der Waals surface area contributed by atoms with E-state index in [1.165, 1.54) is 19.0 Å². The lowest BCUT2D eigenvalue weighted by atomic mass is 10.2. The first-order valence-electron chi connectivity index (χ1n) is 9.41. The summed E-state index contributed by atoms with van der Waals surface area (Å²) in [5.41, 5.74) is 1.48. The van der Waals surface area contributed by atoms with Gasteiger partial charge in [0.25, 0.3) is 5.12 Å². The molecule has 0 saturated carbocycles. The number of ether oxygens (including phenoxy) is 2. The summed E-state index contributed by atoms with van der Waals surface area (Å²) in [6.07, 6.45) is 0. The molecule has 1 amide bonds. The first kappa shape index (κ1) is 20.7. The summed E-state index contributed by atoms with van der Waals surface area (Å²) in [5.74, 6) is 0.371. The zero-order valence-corrected chi connectivity index (χ0v) is 18.3. The average molecular weight is 439 g/mol. The van der Waals surface area contributed by atoms with Crippen molar-refractivity contribution in [3.05, 3.63) is 60.2 Å². The number of hydrogen-bond acceptors (Lipinski definition) is 9. The highest BCUT2D eigenvalue weighted by Gasteiger charge is 2.60. The molecule has 0 bridgehead atoms. The summed E-state index contributed by atoms with van der Waals surface area (Å²) in [4.78, 5) is 26.9. The minimum atomic E-state index is -1.24. The van der Waals surface area contributed by atoms with E-state index in [9.17, 15) is 9.59 Å². The fourth-order valence-electron chi connectivity index (χ4n) is 3.43. The number of esters is 1.